The molecule has 8 nitrogen and oxygen atoms in total. The van der Waals surface area contributed by atoms with Crippen molar-refractivity contribution in [3.05, 3.63) is 6.07 Å². The van der Waals surface area contributed by atoms with Gasteiger partial charge in [-0.05, 0) is 31.0 Å². The molecular weight excluding hydrogens is 364 g/mol. The van der Waals surface area contributed by atoms with Crippen LogP contribution in [-0.2, 0) is 9.47 Å². The molecule has 2 aliphatic rings. The number of rotatable bonds is 6. The summed E-state index contributed by atoms with van der Waals surface area (Å²) in [6.45, 7) is 8.69. The second kappa shape index (κ2) is 10.0. The molecular formula is C18H30N6O2S. The summed E-state index contributed by atoms with van der Waals surface area (Å²) in [5.74, 6) is 3.08. The van der Waals surface area contributed by atoms with Crippen molar-refractivity contribution in [3.63, 3.8) is 0 Å². The van der Waals surface area contributed by atoms with Gasteiger partial charge in [-0.3, -0.25) is 0 Å². The normalized spacial score (nSPS) is 20.4. The molecule has 0 radical (unpaired) electrons. The number of nitrogens with one attached hydrogen (secondary N) is 2. The highest BCUT2D eigenvalue weighted by Crippen LogP contribution is 2.26. The van der Waals surface area contributed by atoms with E-state index in [-0.39, 0.29) is 0 Å². The number of thiocarbonyl (C=S) groups is 1. The van der Waals surface area contributed by atoms with Crippen LogP contribution in [0.25, 0.3) is 0 Å². The van der Waals surface area contributed by atoms with E-state index < -0.39 is 0 Å². The van der Waals surface area contributed by atoms with Gasteiger partial charge in [-0.15, -0.1) is 0 Å². The Bertz CT molecular complexity index is 626. The van der Waals surface area contributed by atoms with Crippen LogP contribution in [0.5, 0.6) is 0 Å². The third-order valence-electron chi connectivity index (χ3n) is 4.83. The average molecular weight is 395 g/mol. The highest BCUT2D eigenvalue weighted by molar-refractivity contribution is 7.80. The van der Waals surface area contributed by atoms with E-state index in [1.165, 1.54) is 12.8 Å². The Balaban J connectivity index is 1.78. The maximum atomic E-state index is 5.48. The Labute approximate surface area is 166 Å². The summed E-state index contributed by atoms with van der Waals surface area (Å²) in [6, 6.07) is 2.09. The smallest absolute Gasteiger partial charge is 0.232 e. The molecule has 2 N–H and O–H groups in total. The second-order valence-corrected chi connectivity index (χ2v) is 7.48. The van der Waals surface area contributed by atoms with Gasteiger partial charge in [0.15, 0.2) is 5.11 Å². The van der Waals surface area contributed by atoms with Crippen molar-refractivity contribution in [2.75, 3.05) is 74.8 Å². The summed E-state index contributed by atoms with van der Waals surface area (Å²) in [7, 11) is 1.67. The number of hydrogen-bond donors (Lipinski definition) is 2. The lowest BCUT2D eigenvalue weighted by Crippen LogP contribution is -2.38. The number of morpholine rings is 1. The molecule has 2 aliphatic heterocycles. The van der Waals surface area contributed by atoms with E-state index in [0.717, 1.165) is 51.0 Å². The number of ether oxygens (including phenoxy) is 2. The Hall–Kier alpha value is -1.71. The standard InChI is InChI=1S/C18H30N6O2S/c1-14-4-3-6-24(13-14)16-12-15(23-7-10-26-11-8-23)20-17(21-16)22-18(27)19-5-9-25-2/h12,14H,3-11,13H2,1-2H3,(H2,19,20,21,22,27). The van der Waals surface area contributed by atoms with Crippen molar-refractivity contribution in [1.82, 2.24) is 15.3 Å². The molecule has 0 bridgehead atoms. The summed E-state index contributed by atoms with van der Waals surface area (Å²) in [6.07, 6.45) is 2.47. The van der Waals surface area contributed by atoms with Gasteiger partial charge in [0.2, 0.25) is 5.95 Å². The van der Waals surface area contributed by atoms with Gasteiger partial charge < -0.3 is 29.9 Å². The maximum Gasteiger partial charge on any atom is 0.232 e. The van der Waals surface area contributed by atoms with Crippen LogP contribution in [0.1, 0.15) is 19.8 Å². The van der Waals surface area contributed by atoms with Crippen LogP contribution in [0.4, 0.5) is 17.6 Å². The predicted molar refractivity (Wildman–Crippen MR) is 112 cm³/mol. The fourth-order valence-corrected chi connectivity index (χ4v) is 3.60. The van der Waals surface area contributed by atoms with Crippen molar-refractivity contribution >= 4 is 34.9 Å². The summed E-state index contributed by atoms with van der Waals surface area (Å²) in [5, 5.41) is 6.74. The lowest BCUT2D eigenvalue weighted by Gasteiger charge is -2.33. The van der Waals surface area contributed by atoms with Crippen LogP contribution < -0.4 is 20.4 Å². The van der Waals surface area contributed by atoms with Crippen molar-refractivity contribution in [2.45, 2.75) is 19.8 Å². The molecule has 0 aliphatic carbocycles. The zero-order chi connectivity index (χ0) is 19.1. The lowest BCUT2D eigenvalue weighted by molar-refractivity contribution is 0.122. The Morgan fingerprint density at radius 1 is 1.26 bits per heavy atom. The van der Waals surface area contributed by atoms with Gasteiger partial charge in [-0.25, -0.2) is 0 Å². The van der Waals surface area contributed by atoms with Crippen LogP contribution in [-0.4, -0.2) is 74.7 Å². The fraction of sp³-hybridized carbons (Fsp3) is 0.722. The average Bonchev–Trinajstić information content (AvgIpc) is 2.68. The molecule has 1 aromatic rings. The number of aromatic nitrogens is 2. The van der Waals surface area contributed by atoms with Gasteiger partial charge in [0.05, 0.1) is 19.8 Å². The van der Waals surface area contributed by atoms with Gasteiger partial charge >= 0.3 is 0 Å². The van der Waals surface area contributed by atoms with Crippen LogP contribution >= 0.6 is 12.2 Å². The zero-order valence-corrected chi connectivity index (χ0v) is 17.1. The van der Waals surface area contributed by atoms with Crippen LogP contribution in [0.15, 0.2) is 6.07 Å². The first-order chi connectivity index (χ1) is 13.2. The number of anilines is 3. The molecule has 0 saturated carbocycles. The Morgan fingerprint density at radius 3 is 2.70 bits per heavy atom. The van der Waals surface area contributed by atoms with E-state index in [9.17, 15) is 0 Å². The Kier molecular flexibility index (Phi) is 7.42. The molecule has 2 saturated heterocycles. The van der Waals surface area contributed by atoms with Crippen molar-refractivity contribution < 1.29 is 9.47 Å². The van der Waals surface area contributed by atoms with Crippen molar-refractivity contribution in [3.8, 4) is 0 Å². The predicted octanol–water partition coefficient (Wildman–Crippen LogP) is 1.48. The third-order valence-corrected chi connectivity index (χ3v) is 5.08. The molecule has 27 heavy (non-hydrogen) atoms. The minimum Gasteiger partial charge on any atom is -0.383 e. The van der Waals surface area contributed by atoms with Gasteiger partial charge in [-0.1, -0.05) is 6.92 Å². The first-order valence-corrected chi connectivity index (χ1v) is 10.1. The summed E-state index contributed by atoms with van der Waals surface area (Å²) >= 11 is 5.36. The minimum atomic E-state index is 0.504. The third kappa shape index (κ3) is 5.88. The molecule has 1 unspecified atom stereocenters. The van der Waals surface area contributed by atoms with Gasteiger partial charge in [-0.2, -0.15) is 9.97 Å². The van der Waals surface area contributed by atoms with E-state index in [2.05, 4.69) is 33.4 Å². The first kappa shape index (κ1) is 20.0. The second-order valence-electron chi connectivity index (χ2n) is 7.07. The largest absolute Gasteiger partial charge is 0.383 e. The summed E-state index contributed by atoms with van der Waals surface area (Å²) < 4.78 is 10.5. The molecule has 2 fully saturated rings. The number of hydrogen-bond acceptors (Lipinski definition) is 7. The molecule has 3 heterocycles. The van der Waals surface area contributed by atoms with Crippen LogP contribution in [0, 0.1) is 5.92 Å². The van der Waals surface area contributed by atoms with E-state index in [1.54, 1.807) is 7.11 Å². The monoisotopic (exact) mass is 394 g/mol. The number of piperidine rings is 1. The fourth-order valence-electron chi connectivity index (χ4n) is 3.40. The molecule has 0 aromatic carbocycles. The van der Waals surface area contributed by atoms with Gasteiger partial charge in [0.1, 0.15) is 11.6 Å². The molecule has 150 valence electrons. The highest BCUT2D eigenvalue weighted by atomic mass is 32.1. The van der Waals surface area contributed by atoms with Crippen molar-refractivity contribution in [2.24, 2.45) is 5.92 Å². The zero-order valence-electron chi connectivity index (χ0n) is 16.2. The van der Waals surface area contributed by atoms with E-state index in [4.69, 9.17) is 31.7 Å². The number of methoxy groups -OCH3 is 1. The van der Waals surface area contributed by atoms with Crippen LogP contribution in [0.3, 0.4) is 0 Å². The van der Waals surface area contributed by atoms with Crippen molar-refractivity contribution in [1.29, 1.82) is 0 Å². The van der Waals surface area contributed by atoms with E-state index >= 15 is 0 Å². The molecule has 9 heteroatoms. The topological polar surface area (TPSA) is 74.8 Å². The van der Waals surface area contributed by atoms with Gasteiger partial charge in [0, 0.05) is 45.9 Å². The minimum absolute atomic E-state index is 0.504. The van der Waals surface area contributed by atoms with E-state index in [0.29, 0.717) is 30.1 Å². The molecule has 1 aromatic heterocycles. The van der Waals surface area contributed by atoms with Gasteiger partial charge in [0.25, 0.3) is 0 Å². The first-order valence-electron chi connectivity index (χ1n) is 9.66. The molecule has 0 spiro atoms. The molecule has 1 atom stereocenters. The highest BCUT2D eigenvalue weighted by Gasteiger charge is 2.21. The SMILES string of the molecule is COCCNC(=S)Nc1nc(N2CCOCC2)cc(N2CCCC(C)C2)n1. The quantitative estimate of drug-likeness (QED) is 0.551. The number of nitrogens with zero attached hydrogens (tertiary/aromatic N) is 4. The summed E-state index contributed by atoms with van der Waals surface area (Å²) in [5.41, 5.74) is 0. The van der Waals surface area contributed by atoms with Crippen LogP contribution in [0.2, 0.25) is 0 Å². The van der Waals surface area contributed by atoms with E-state index in [1.807, 2.05) is 0 Å². The molecule has 0 amide bonds. The Morgan fingerprint density at radius 2 is 2.00 bits per heavy atom. The maximum absolute atomic E-state index is 5.48. The molecule has 3 rings (SSSR count). The lowest BCUT2D eigenvalue weighted by atomic mass is 10.0. The summed E-state index contributed by atoms with van der Waals surface area (Å²) in [4.78, 5) is 14.0.